The normalized spacial score (nSPS) is 26.1. The first-order valence-corrected chi connectivity index (χ1v) is 8.41. The van der Waals surface area contributed by atoms with Crippen molar-refractivity contribution in [1.29, 1.82) is 0 Å². The smallest absolute Gasteiger partial charge is 0.207 e. The van der Waals surface area contributed by atoms with Crippen molar-refractivity contribution in [2.45, 2.75) is 36.4 Å². The molecule has 1 aliphatic rings. The number of sulfonamides is 1. The van der Waals surface area contributed by atoms with E-state index in [0.717, 1.165) is 19.3 Å². The van der Waals surface area contributed by atoms with E-state index >= 15 is 0 Å². The maximum atomic E-state index is 12.1. The molecule has 0 saturated heterocycles. The lowest BCUT2D eigenvalue weighted by Crippen LogP contribution is -2.36. The van der Waals surface area contributed by atoms with Crippen LogP contribution in [0.3, 0.4) is 0 Å². The third-order valence-corrected chi connectivity index (χ3v) is 7.16. The van der Waals surface area contributed by atoms with Gasteiger partial charge in [-0.25, -0.2) is 13.1 Å². The Labute approximate surface area is 108 Å². The van der Waals surface area contributed by atoms with Crippen LogP contribution in [0, 0.1) is 5.92 Å². The summed E-state index contributed by atoms with van der Waals surface area (Å²) in [7, 11) is -3.34. The molecule has 0 amide bonds. The fourth-order valence-corrected chi connectivity index (χ4v) is 5.78. The van der Waals surface area contributed by atoms with Gasteiger partial charge in [-0.1, -0.05) is 13.3 Å². The molecule has 1 heterocycles. The van der Waals surface area contributed by atoms with Crippen molar-refractivity contribution in [2.24, 2.45) is 5.92 Å². The molecular formula is C10H14BrNO2S2. The third kappa shape index (κ3) is 2.50. The van der Waals surface area contributed by atoms with Gasteiger partial charge in [-0.3, -0.25) is 0 Å². The predicted molar refractivity (Wildman–Crippen MR) is 69.1 cm³/mol. The third-order valence-electron chi connectivity index (χ3n) is 3.00. The summed E-state index contributed by atoms with van der Waals surface area (Å²) >= 11 is 4.50. The summed E-state index contributed by atoms with van der Waals surface area (Å²) < 4.78 is 28.0. The Hall–Kier alpha value is 0.0900. The lowest BCUT2D eigenvalue weighted by molar-refractivity contribution is 0.477. The maximum Gasteiger partial charge on any atom is 0.251 e. The number of halogens is 1. The highest BCUT2D eigenvalue weighted by Gasteiger charge is 2.29. The molecular weight excluding hydrogens is 310 g/mol. The van der Waals surface area contributed by atoms with E-state index in [9.17, 15) is 8.42 Å². The van der Waals surface area contributed by atoms with Crippen LogP contribution < -0.4 is 4.72 Å². The quantitative estimate of drug-likeness (QED) is 0.929. The SMILES string of the molecule is CC1CCCC1NS(=O)(=O)c1sccc1Br. The van der Waals surface area contributed by atoms with Crippen LogP contribution in [0.15, 0.2) is 20.1 Å². The minimum atomic E-state index is -3.34. The molecule has 6 heteroatoms. The lowest BCUT2D eigenvalue weighted by Gasteiger charge is -2.16. The zero-order valence-electron chi connectivity index (χ0n) is 8.94. The molecule has 1 aromatic heterocycles. The number of hydrogen-bond donors (Lipinski definition) is 1. The standard InChI is InChI=1S/C10H14BrNO2S2/c1-7-3-2-4-9(7)12-16(13,14)10-8(11)5-6-15-10/h5-7,9,12H,2-4H2,1H3. The first-order chi connectivity index (χ1) is 7.50. The number of nitrogens with one attached hydrogen (secondary N) is 1. The molecule has 1 aliphatic carbocycles. The van der Waals surface area contributed by atoms with Gasteiger partial charge in [0.15, 0.2) is 0 Å². The van der Waals surface area contributed by atoms with Gasteiger partial charge in [0.05, 0.1) is 0 Å². The zero-order valence-corrected chi connectivity index (χ0v) is 12.2. The summed E-state index contributed by atoms with van der Waals surface area (Å²) in [6.45, 7) is 2.10. The van der Waals surface area contributed by atoms with Crippen molar-refractivity contribution in [1.82, 2.24) is 4.72 Å². The Morgan fingerprint density at radius 2 is 2.25 bits per heavy atom. The van der Waals surface area contributed by atoms with Crippen LogP contribution in [0.5, 0.6) is 0 Å². The van der Waals surface area contributed by atoms with E-state index in [2.05, 4.69) is 27.6 Å². The van der Waals surface area contributed by atoms with Crippen LogP contribution in [0.1, 0.15) is 26.2 Å². The van der Waals surface area contributed by atoms with E-state index in [1.807, 2.05) is 0 Å². The van der Waals surface area contributed by atoms with Crippen molar-refractivity contribution < 1.29 is 8.42 Å². The summed E-state index contributed by atoms with van der Waals surface area (Å²) in [6.07, 6.45) is 3.17. The van der Waals surface area contributed by atoms with Crippen molar-refractivity contribution in [3.8, 4) is 0 Å². The van der Waals surface area contributed by atoms with Crippen LogP contribution >= 0.6 is 27.3 Å². The van der Waals surface area contributed by atoms with Gasteiger partial charge >= 0.3 is 0 Å². The van der Waals surface area contributed by atoms with Gasteiger partial charge < -0.3 is 0 Å². The van der Waals surface area contributed by atoms with Crippen molar-refractivity contribution in [3.05, 3.63) is 15.9 Å². The van der Waals surface area contributed by atoms with E-state index in [1.54, 1.807) is 11.4 Å². The Balaban J connectivity index is 2.18. The predicted octanol–water partition coefficient (Wildman–Crippen LogP) is 2.98. The monoisotopic (exact) mass is 323 g/mol. The molecule has 0 bridgehead atoms. The topological polar surface area (TPSA) is 46.2 Å². The lowest BCUT2D eigenvalue weighted by atomic mass is 10.1. The molecule has 1 N–H and O–H groups in total. The highest BCUT2D eigenvalue weighted by Crippen LogP contribution is 2.30. The Kier molecular flexibility index (Phi) is 3.73. The van der Waals surface area contributed by atoms with E-state index in [4.69, 9.17) is 0 Å². The van der Waals surface area contributed by atoms with Gasteiger partial charge in [0.25, 0.3) is 10.0 Å². The summed E-state index contributed by atoms with van der Waals surface area (Å²) in [6, 6.07) is 1.86. The van der Waals surface area contributed by atoms with E-state index in [1.165, 1.54) is 11.3 Å². The van der Waals surface area contributed by atoms with Crippen molar-refractivity contribution in [3.63, 3.8) is 0 Å². The van der Waals surface area contributed by atoms with Gasteiger partial charge in [-0.15, -0.1) is 11.3 Å². The molecule has 2 rings (SSSR count). The Morgan fingerprint density at radius 3 is 2.75 bits per heavy atom. The highest BCUT2D eigenvalue weighted by atomic mass is 79.9. The van der Waals surface area contributed by atoms with Crippen LogP contribution in [0.4, 0.5) is 0 Å². The fraction of sp³-hybridized carbons (Fsp3) is 0.600. The van der Waals surface area contributed by atoms with Crippen LogP contribution in [-0.2, 0) is 10.0 Å². The van der Waals surface area contributed by atoms with Gasteiger partial charge in [0.2, 0.25) is 0 Å². The number of rotatable bonds is 3. The fourth-order valence-electron chi connectivity index (χ4n) is 2.04. The summed E-state index contributed by atoms with van der Waals surface area (Å²) in [5, 5.41) is 1.77. The molecule has 1 fully saturated rings. The number of thiophene rings is 1. The van der Waals surface area contributed by atoms with Gasteiger partial charge in [-0.2, -0.15) is 0 Å². The summed E-state index contributed by atoms with van der Waals surface area (Å²) in [4.78, 5) is 0. The van der Waals surface area contributed by atoms with Crippen LogP contribution in [-0.4, -0.2) is 14.5 Å². The Bertz CT molecular complexity index is 469. The maximum absolute atomic E-state index is 12.1. The molecule has 0 aromatic carbocycles. The molecule has 90 valence electrons. The first-order valence-electron chi connectivity index (χ1n) is 5.26. The molecule has 1 saturated carbocycles. The van der Waals surface area contributed by atoms with E-state index in [-0.39, 0.29) is 6.04 Å². The highest BCUT2D eigenvalue weighted by molar-refractivity contribution is 9.10. The average molecular weight is 324 g/mol. The molecule has 0 aliphatic heterocycles. The van der Waals surface area contributed by atoms with Crippen molar-refractivity contribution >= 4 is 37.3 Å². The summed E-state index contributed by atoms with van der Waals surface area (Å²) in [5.74, 6) is 0.438. The molecule has 16 heavy (non-hydrogen) atoms. The van der Waals surface area contributed by atoms with Crippen molar-refractivity contribution in [2.75, 3.05) is 0 Å². The summed E-state index contributed by atoms with van der Waals surface area (Å²) in [5.41, 5.74) is 0. The first kappa shape index (κ1) is 12.5. The molecule has 0 radical (unpaired) electrons. The second kappa shape index (κ2) is 4.76. The zero-order chi connectivity index (χ0) is 11.8. The van der Waals surface area contributed by atoms with Crippen LogP contribution in [0.25, 0.3) is 0 Å². The number of hydrogen-bond acceptors (Lipinski definition) is 3. The van der Waals surface area contributed by atoms with Gasteiger partial charge in [0, 0.05) is 10.5 Å². The van der Waals surface area contributed by atoms with E-state index < -0.39 is 10.0 Å². The molecule has 1 aromatic rings. The second-order valence-corrected chi connectivity index (χ2v) is 7.87. The molecule has 2 unspecified atom stereocenters. The second-order valence-electron chi connectivity index (χ2n) is 4.19. The minimum absolute atomic E-state index is 0.0963. The molecule has 0 spiro atoms. The molecule has 3 nitrogen and oxygen atoms in total. The van der Waals surface area contributed by atoms with Gasteiger partial charge in [0.1, 0.15) is 4.21 Å². The minimum Gasteiger partial charge on any atom is -0.207 e. The van der Waals surface area contributed by atoms with Gasteiger partial charge in [-0.05, 0) is 46.1 Å². The van der Waals surface area contributed by atoms with E-state index in [0.29, 0.717) is 14.6 Å². The van der Waals surface area contributed by atoms with Crippen LogP contribution in [0.2, 0.25) is 0 Å². The largest absolute Gasteiger partial charge is 0.251 e. The average Bonchev–Trinajstić information content (AvgIpc) is 2.76. The Morgan fingerprint density at radius 1 is 1.50 bits per heavy atom. The molecule has 2 atom stereocenters.